The third-order valence-electron chi connectivity index (χ3n) is 4.71. The van der Waals surface area contributed by atoms with Gasteiger partial charge < -0.3 is 18.6 Å². The number of benzene rings is 2. The monoisotopic (exact) mass is 320 g/mol. The zero-order valence-corrected chi connectivity index (χ0v) is 13.3. The fourth-order valence-electron chi connectivity index (χ4n) is 3.49. The third-order valence-corrected chi connectivity index (χ3v) is 4.71. The van der Waals surface area contributed by atoms with Crippen LogP contribution in [0.4, 0.5) is 5.82 Å². The maximum absolute atomic E-state index is 6.09. The van der Waals surface area contributed by atoms with E-state index in [9.17, 15) is 0 Å². The Labute approximate surface area is 138 Å². The number of para-hydroxylation sites is 1. The minimum atomic E-state index is 0.697. The van der Waals surface area contributed by atoms with E-state index in [1.54, 1.807) is 7.11 Å². The van der Waals surface area contributed by atoms with Crippen LogP contribution in [0.1, 0.15) is 11.3 Å². The van der Waals surface area contributed by atoms with Crippen molar-refractivity contribution in [3.63, 3.8) is 0 Å². The molecule has 5 rings (SSSR count). The van der Waals surface area contributed by atoms with Crippen LogP contribution in [-0.4, -0.2) is 18.8 Å². The summed E-state index contributed by atoms with van der Waals surface area (Å²) in [6.07, 6.45) is 0.926. The Balaban J connectivity index is 1.56. The molecule has 1 aliphatic rings. The van der Waals surface area contributed by atoms with Crippen molar-refractivity contribution in [3.8, 4) is 5.75 Å². The van der Waals surface area contributed by atoms with Crippen molar-refractivity contribution in [2.24, 2.45) is 0 Å². The number of ether oxygens (including phenoxy) is 1. The molecule has 0 amide bonds. The first-order valence-corrected chi connectivity index (χ1v) is 8.01. The molecule has 5 heteroatoms. The number of rotatable bonds is 2. The lowest BCUT2D eigenvalue weighted by molar-refractivity contribution is 0.414. The van der Waals surface area contributed by atoms with Crippen LogP contribution in [-0.2, 0) is 13.0 Å². The number of hydrogen-bond acceptors (Lipinski definition) is 5. The van der Waals surface area contributed by atoms with Gasteiger partial charge in [-0.3, -0.25) is 0 Å². The van der Waals surface area contributed by atoms with Crippen molar-refractivity contribution < 1.29 is 13.7 Å². The van der Waals surface area contributed by atoms with Crippen LogP contribution in [0, 0.1) is 0 Å². The highest BCUT2D eigenvalue weighted by Crippen LogP contribution is 2.35. The van der Waals surface area contributed by atoms with E-state index in [1.807, 2.05) is 36.4 Å². The molecule has 0 saturated carbocycles. The van der Waals surface area contributed by atoms with Crippen molar-refractivity contribution in [1.82, 2.24) is 5.16 Å². The Morgan fingerprint density at radius 3 is 2.92 bits per heavy atom. The molecule has 0 aliphatic carbocycles. The van der Waals surface area contributed by atoms with E-state index in [-0.39, 0.29) is 0 Å². The molecule has 1 aliphatic heterocycles. The second kappa shape index (κ2) is 5.03. The van der Waals surface area contributed by atoms with Gasteiger partial charge in [0.2, 0.25) is 0 Å². The molecule has 0 saturated heterocycles. The van der Waals surface area contributed by atoms with Gasteiger partial charge in [0.05, 0.1) is 19.0 Å². The molecule has 120 valence electrons. The summed E-state index contributed by atoms with van der Waals surface area (Å²) in [5.74, 6) is 2.69. The van der Waals surface area contributed by atoms with E-state index in [0.29, 0.717) is 6.54 Å². The first kappa shape index (κ1) is 13.5. The summed E-state index contributed by atoms with van der Waals surface area (Å²) < 4.78 is 16.8. The van der Waals surface area contributed by atoms with Crippen LogP contribution in [0.2, 0.25) is 0 Å². The Bertz CT molecular complexity index is 1050. The average Bonchev–Trinajstić information content (AvgIpc) is 3.21. The van der Waals surface area contributed by atoms with E-state index in [1.165, 1.54) is 10.9 Å². The van der Waals surface area contributed by atoms with Crippen LogP contribution in [0.25, 0.3) is 21.9 Å². The minimum absolute atomic E-state index is 0.697. The maximum Gasteiger partial charge on any atom is 0.180 e. The zero-order valence-electron chi connectivity index (χ0n) is 13.3. The highest BCUT2D eigenvalue weighted by atomic mass is 16.5. The summed E-state index contributed by atoms with van der Waals surface area (Å²) in [6.45, 7) is 1.59. The van der Waals surface area contributed by atoms with Gasteiger partial charge in [0.15, 0.2) is 11.4 Å². The lowest BCUT2D eigenvalue weighted by atomic mass is 10.0. The fourth-order valence-corrected chi connectivity index (χ4v) is 3.49. The highest BCUT2D eigenvalue weighted by Gasteiger charge is 2.25. The summed E-state index contributed by atoms with van der Waals surface area (Å²) in [7, 11) is 1.67. The summed E-state index contributed by atoms with van der Waals surface area (Å²) >= 11 is 0. The van der Waals surface area contributed by atoms with Gasteiger partial charge in [-0.1, -0.05) is 17.3 Å². The summed E-state index contributed by atoms with van der Waals surface area (Å²) in [6, 6.07) is 14.0. The normalized spacial score (nSPS) is 14.3. The lowest BCUT2D eigenvalue weighted by Crippen LogP contribution is -2.30. The van der Waals surface area contributed by atoms with Crippen molar-refractivity contribution in [2.45, 2.75) is 13.0 Å². The van der Waals surface area contributed by atoms with Gasteiger partial charge in [-0.25, -0.2) is 0 Å². The number of nitrogens with zero attached hydrogens (tertiary/aromatic N) is 2. The zero-order chi connectivity index (χ0) is 16.1. The van der Waals surface area contributed by atoms with E-state index in [2.05, 4.69) is 16.1 Å². The Kier molecular flexibility index (Phi) is 2.82. The number of fused-ring (bicyclic) bond motifs is 4. The van der Waals surface area contributed by atoms with Crippen molar-refractivity contribution >= 4 is 27.8 Å². The molecule has 0 unspecified atom stereocenters. The standard InChI is InChI=1S/C19H16N2O3/c1-22-12-6-7-13-14-8-9-21(11-18(14)23-17(13)10-12)19-15-4-2-3-5-16(15)24-20-19/h2-7,10H,8-9,11H2,1H3. The SMILES string of the molecule is COc1ccc2c3c(oc2c1)CN(c1noc2ccccc12)CC3. The third kappa shape index (κ3) is 1.91. The van der Waals surface area contributed by atoms with Gasteiger partial charge in [0.1, 0.15) is 17.1 Å². The van der Waals surface area contributed by atoms with Crippen molar-refractivity contribution in [3.05, 3.63) is 53.8 Å². The molecule has 0 bridgehead atoms. The molecule has 5 nitrogen and oxygen atoms in total. The molecular weight excluding hydrogens is 304 g/mol. The molecule has 0 N–H and O–H groups in total. The molecule has 0 radical (unpaired) electrons. The second-order valence-corrected chi connectivity index (χ2v) is 6.04. The molecular formula is C19H16N2O3. The van der Waals surface area contributed by atoms with Gasteiger partial charge >= 0.3 is 0 Å². The molecule has 2 aromatic carbocycles. The summed E-state index contributed by atoms with van der Waals surface area (Å²) in [4.78, 5) is 2.22. The smallest absolute Gasteiger partial charge is 0.180 e. The fraction of sp³-hybridized carbons (Fsp3) is 0.211. The van der Waals surface area contributed by atoms with Gasteiger partial charge in [-0.15, -0.1) is 0 Å². The number of aromatic nitrogens is 1. The van der Waals surface area contributed by atoms with Crippen LogP contribution >= 0.6 is 0 Å². The summed E-state index contributed by atoms with van der Waals surface area (Å²) in [5, 5.41) is 6.48. The van der Waals surface area contributed by atoms with E-state index >= 15 is 0 Å². The van der Waals surface area contributed by atoms with Gasteiger partial charge in [0.25, 0.3) is 0 Å². The Morgan fingerprint density at radius 2 is 2.00 bits per heavy atom. The lowest BCUT2D eigenvalue weighted by Gasteiger charge is -2.25. The molecule has 2 aromatic heterocycles. The van der Waals surface area contributed by atoms with E-state index in [0.717, 1.165) is 46.8 Å². The minimum Gasteiger partial charge on any atom is -0.497 e. The van der Waals surface area contributed by atoms with Crippen molar-refractivity contribution in [2.75, 3.05) is 18.6 Å². The molecule has 3 heterocycles. The molecule has 0 spiro atoms. The Morgan fingerprint density at radius 1 is 1.08 bits per heavy atom. The predicted molar refractivity (Wildman–Crippen MR) is 91.5 cm³/mol. The molecule has 24 heavy (non-hydrogen) atoms. The average molecular weight is 320 g/mol. The van der Waals surface area contributed by atoms with E-state index in [4.69, 9.17) is 13.7 Å². The quantitative estimate of drug-likeness (QED) is 0.555. The first-order valence-electron chi connectivity index (χ1n) is 8.01. The second-order valence-electron chi connectivity index (χ2n) is 6.04. The molecule has 4 aromatic rings. The van der Waals surface area contributed by atoms with Crippen LogP contribution in [0.3, 0.4) is 0 Å². The topological polar surface area (TPSA) is 51.6 Å². The largest absolute Gasteiger partial charge is 0.497 e. The number of anilines is 1. The number of hydrogen-bond donors (Lipinski definition) is 0. The number of furan rings is 1. The first-order chi connectivity index (χ1) is 11.8. The molecule has 0 atom stereocenters. The summed E-state index contributed by atoms with van der Waals surface area (Å²) in [5.41, 5.74) is 2.98. The van der Waals surface area contributed by atoms with Gasteiger partial charge in [-0.05, 0) is 30.7 Å². The number of methoxy groups -OCH3 is 1. The highest BCUT2D eigenvalue weighted by molar-refractivity contribution is 5.89. The maximum atomic E-state index is 6.09. The van der Waals surface area contributed by atoms with Crippen LogP contribution < -0.4 is 9.64 Å². The van der Waals surface area contributed by atoms with Crippen molar-refractivity contribution in [1.29, 1.82) is 0 Å². The van der Waals surface area contributed by atoms with Crippen LogP contribution in [0.15, 0.2) is 51.4 Å². The van der Waals surface area contributed by atoms with Gasteiger partial charge in [0, 0.05) is 23.6 Å². The van der Waals surface area contributed by atoms with Crippen LogP contribution in [0.5, 0.6) is 5.75 Å². The Hall–Kier alpha value is -2.95. The van der Waals surface area contributed by atoms with E-state index < -0.39 is 0 Å². The molecule has 0 fully saturated rings. The van der Waals surface area contributed by atoms with Gasteiger partial charge in [-0.2, -0.15) is 0 Å². The predicted octanol–water partition coefficient (Wildman–Crippen LogP) is 4.15.